The van der Waals surface area contributed by atoms with Gasteiger partial charge in [-0.05, 0) is 48.9 Å². The van der Waals surface area contributed by atoms with E-state index in [9.17, 15) is 23.1 Å². The lowest BCUT2D eigenvalue weighted by Gasteiger charge is -2.17. The number of sulfonamides is 1. The van der Waals surface area contributed by atoms with E-state index >= 15 is 0 Å². The Kier molecular flexibility index (Phi) is 7.74. The van der Waals surface area contributed by atoms with Crippen LogP contribution in [-0.2, 0) is 19.6 Å². The van der Waals surface area contributed by atoms with E-state index in [0.717, 1.165) is 12.8 Å². The van der Waals surface area contributed by atoms with Crippen molar-refractivity contribution in [1.29, 1.82) is 0 Å². The predicted octanol–water partition coefficient (Wildman–Crippen LogP) is 2.61. The van der Waals surface area contributed by atoms with E-state index in [4.69, 9.17) is 4.74 Å². The van der Waals surface area contributed by atoms with E-state index < -0.39 is 28.5 Å². The van der Waals surface area contributed by atoms with Crippen molar-refractivity contribution in [2.24, 2.45) is 0 Å². The first-order chi connectivity index (χ1) is 13.7. The maximum atomic E-state index is 12.5. The number of rotatable bonds is 9. The van der Waals surface area contributed by atoms with Crippen molar-refractivity contribution in [2.45, 2.75) is 24.7 Å². The molecule has 0 unspecified atom stereocenters. The van der Waals surface area contributed by atoms with Gasteiger partial charge in [0.25, 0.3) is 5.91 Å². The third-order valence-electron chi connectivity index (χ3n) is 4.09. The Labute approximate surface area is 170 Å². The Bertz CT molecular complexity index is 957. The molecule has 2 rings (SSSR count). The number of hydrogen-bond acceptors (Lipinski definition) is 6. The molecule has 0 saturated carbocycles. The number of amides is 1. The topological polar surface area (TPSA) is 113 Å². The van der Waals surface area contributed by atoms with Crippen LogP contribution in [0.15, 0.2) is 53.4 Å². The molecule has 0 heterocycles. The van der Waals surface area contributed by atoms with Crippen LogP contribution in [0.2, 0.25) is 0 Å². The van der Waals surface area contributed by atoms with Crippen molar-refractivity contribution in [3.05, 3.63) is 54.1 Å². The zero-order valence-electron chi connectivity index (χ0n) is 16.3. The van der Waals surface area contributed by atoms with Gasteiger partial charge in [0.15, 0.2) is 6.61 Å². The molecule has 0 aliphatic heterocycles. The normalized spacial score (nSPS) is 11.3. The van der Waals surface area contributed by atoms with Gasteiger partial charge in [-0.15, -0.1) is 0 Å². The first-order valence-electron chi connectivity index (χ1n) is 9.06. The summed E-state index contributed by atoms with van der Waals surface area (Å²) in [6.45, 7) is 1.90. The highest BCUT2D eigenvalue weighted by atomic mass is 32.2. The summed E-state index contributed by atoms with van der Waals surface area (Å²) in [5.74, 6) is -1.40. The van der Waals surface area contributed by atoms with Crippen molar-refractivity contribution in [3.63, 3.8) is 0 Å². The second-order valence-corrected chi connectivity index (χ2v) is 8.42. The zero-order chi connectivity index (χ0) is 21.4. The third kappa shape index (κ3) is 6.30. The minimum atomic E-state index is -3.58. The summed E-state index contributed by atoms with van der Waals surface area (Å²) in [7, 11) is -2.05. The highest BCUT2D eigenvalue weighted by molar-refractivity contribution is 7.89. The molecular weight excluding hydrogens is 396 g/mol. The zero-order valence-corrected chi connectivity index (χ0v) is 17.1. The first-order valence-corrected chi connectivity index (χ1v) is 10.5. The first kappa shape index (κ1) is 22.4. The Morgan fingerprint density at radius 3 is 2.45 bits per heavy atom. The smallest absolute Gasteiger partial charge is 0.338 e. The lowest BCUT2D eigenvalue weighted by Crippen LogP contribution is -2.28. The molecule has 0 saturated heterocycles. The number of aromatic hydroxyl groups is 1. The molecule has 2 aromatic rings. The molecule has 0 aliphatic rings. The Morgan fingerprint density at radius 1 is 1.14 bits per heavy atom. The van der Waals surface area contributed by atoms with Crippen molar-refractivity contribution in [1.82, 2.24) is 4.31 Å². The summed E-state index contributed by atoms with van der Waals surface area (Å²) in [5, 5.41) is 11.9. The van der Waals surface area contributed by atoms with Gasteiger partial charge in [-0.2, -0.15) is 0 Å². The van der Waals surface area contributed by atoms with Gasteiger partial charge in [0.05, 0.1) is 10.5 Å². The molecular formula is C20H24N2O6S. The molecule has 0 fully saturated rings. The van der Waals surface area contributed by atoms with Crippen LogP contribution in [-0.4, -0.2) is 49.9 Å². The number of nitrogens with zero attached hydrogens (tertiary/aromatic N) is 1. The SMILES string of the molecule is CCCCN(C)S(=O)(=O)c1ccc(NC(=O)COC(=O)c2cccc(O)c2)cc1. The fourth-order valence-electron chi connectivity index (χ4n) is 2.44. The van der Waals surface area contributed by atoms with Crippen LogP contribution in [0.4, 0.5) is 5.69 Å². The van der Waals surface area contributed by atoms with Crippen LogP contribution in [0.3, 0.4) is 0 Å². The van der Waals surface area contributed by atoms with Gasteiger partial charge >= 0.3 is 5.97 Å². The average Bonchev–Trinajstić information content (AvgIpc) is 2.70. The fraction of sp³-hybridized carbons (Fsp3) is 0.300. The number of ether oxygens (including phenoxy) is 1. The van der Waals surface area contributed by atoms with E-state index in [-0.39, 0.29) is 16.2 Å². The number of phenolic OH excluding ortho intramolecular Hbond substituents is 1. The molecule has 29 heavy (non-hydrogen) atoms. The van der Waals surface area contributed by atoms with Gasteiger partial charge in [-0.25, -0.2) is 17.5 Å². The second-order valence-electron chi connectivity index (χ2n) is 6.38. The van der Waals surface area contributed by atoms with Gasteiger partial charge in [0.2, 0.25) is 10.0 Å². The number of nitrogens with one attached hydrogen (secondary N) is 1. The van der Waals surface area contributed by atoms with Gasteiger partial charge in [-0.3, -0.25) is 4.79 Å². The monoisotopic (exact) mass is 420 g/mol. The number of anilines is 1. The molecule has 0 aromatic heterocycles. The van der Waals surface area contributed by atoms with Crippen LogP contribution < -0.4 is 5.32 Å². The average molecular weight is 420 g/mol. The van der Waals surface area contributed by atoms with Crippen molar-refractivity contribution in [2.75, 3.05) is 25.5 Å². The third-order valence-corrected chi connectivity index (χ3v) is 5.96. The molecule has 0 aliphatic carbocycles. The molecule has 2 aromatic carbocycles. The maximum absolute atomic E-state index is 12.5. The highest BCUT2D eigenvalue weighted by Crippen LogP contribution is 2.18. The summed E-state index contributed by atoms with van der Waals surface area (Å²) >= 11 is 0. The molecule has 8 nitrogen and oxygen atoms in total. The number of benzene rings is 2. The summed E-state index contributed by atoms with van der Waals surface area (Å²) in [6.07, 6.45) is 1.66. The van der Waals surface area contributed by atoms with Gasteiger partial charge in [0, 0.05) is 19.3 Å². The summed E-state index contributed by atoms with van der Waals surface area (Å²) < 4.78 is 31.1. The van der Waals surface area contributed by atoms with Crippen LogP contribution >= 0.6 is 0 Å². The van der Waals surface area contributed by atoms with E-state index in [1.54, 1.807) is 0 Å². The number of esters is 1. The molecule has 0 spiro atoms. The van der Waals surface area contributed by atoms with E-state index in [1.165, 1.54) is 59.9 Å². The van der Waals surface area contributed by atoms with Crippen LogP contribution in [0, 0.1) is 0 Å². The molecule has 156 valence electrons. The van der Waals surface area contributed by atoms with E-state index in [0.29, 0.717) is 12.2 Å². The molecule has 9 heteroatoms. The Hall–Kier alpha value is -2.91. The van der Waals surface area contributed by atoms with Crippen molar-refractivity contribution >= 4 is 27.6 Å². The van der Waals surface area contributed by atoms with Gasteiger partial charge in [-0.1, -0.05) is 19.4 Å². The minimum absolute atomic E-state index is 0.0840. The number of phenols is 1. The van der Waals surface area contributed by atoms with Crippen LogP contribution in [0.1, 0.15) is 30.1 Å². The number of hydrogen-bond donors (Lipinski definition) is 2. The molecule has 2 N–H and O–H groups in total. The van der Waals surface area contributed by atoms with Crippen molar-refractivity contribution < 1.29 is 27.9 Å². The Balaban J connectivity index is 1.92. The number of unbranched alkanes of at least 4 members (excludes halogenated alkanes) is 1. The lowest BCUT2D eigenvalue weighted by atomic mass is 10.2. The molecule has 0 atom stereocenters. The van der Waals surface area contributed by atoms with E-state index in [2.05, 4.69) is 5.32 Å². The number of carbonyl (C=O) groups is 2. The number of carbonyl (C=O) groups excluding carboxylic acids is 2. The lowest BCUT2D eigenvalue weighted by molar-refractivity contribution is -0.119. The van der Waals surface area contributed by atoms with E-state index in [1.807, 2.05) is 6.92 Å². The molecule has 1 amide bonds. The van der Waals surface area contributed by atoms with Crippen LogP contribution in [0.5, 0.6) is 5.75 Å². The summed E-state index contributed by atoms with van der Waals surface area (Å²) in [6, 6.07) is 11.3. The van der Waals surface area contributed by atoms with Crippen molar-refractivity contribution in [3.8, 4) is 5.75 Å². The Morgan fingerprint density at radius 2 is 1.83 bits per heavy atom. The quantitative estimate of drug-likeness (QED) is 0.603. The highest BCUT2D eigenvalue weighted by Gasteiger charge is 2.20. The minimum Gasteiger partial charge on any atom is -0.508 e. The summed E-state index contributed by atoms with van der Waals surface area (Å²) in [5.41, 5.74) is 0.498. The molecule has 0 radical (unpaired) electrons. The largest absolute Gasteiger partial charge is 0.508 e. The second kappa shape index (κ2) is 10.0. The van der Waals surface area contributed by atoms with Crippen LogP contribution in [0.25, 0.3) is 0 Å². The van der Waals surface area contributed by atoms with Gasteiger partial charge < -0.3 is 15.2 Å². The fourth-order valence-corrected chi connectivity index (χ4v) is 3.64. The predicted molar refractivity (Wildman–Crippen MR) is 108 cm³/mol. The van der Waals surface area contributed by atoms with Gasteiger partial charge in [0.1, 0.15) is 5.75 Å². The molecule has 0 bridgehead atoms. The maximum Gasteiger partial charge on any atom is 0.338 e. The standard InChI is InChI=1S/C20H24N2O6S/c1-3-4-12-22(2)29(26,27)18-10-8-16(9-11-18)21-19(24)14-28-20(25)15-6-5-7-17(23)13-15/h5-11,13,23H,3-4,12,14H2,1-2H3,(H,21,24). The summed E-state index contributed by atoms with van der Waals surface area (Å²) in [4.78, 5) is 24.0.